The molecule has 0 bridgehead atoms. The van der Waals surface area contributed by atoms with E-state index < -0.39 is 6.10 Å². The lowest BCUT2D eigenvalue weighted by Crippen LogP contribution is -2.66. The van der Waals surface area contributed by atoms with E-state index in [4.69, 9.17) is 4.74 Å². The van der Waals surface area contributed by atoms with Crippen molar-refractivity contribution in [3.05, 3.63) is 47.2 Å². The molecule has 1 aromatic carbocycles. The van der Waals surface area contributed by atoms with Crippen LogP contribution in [0, 0.1) is 0 Å². The molecule has 1 unspecified atom stereocenters. The predicted octanol–water partition coefficient (Wildman–Crippen LogP) is 3.17. The summed E-state index contributed by atoms with van der Waals surface area (Å²) in [7, 11) is 1.52. The molecule has 0 saturated carbocycles. The van der Waals surface area contributed by atoms with Crippen molar-refractivity contribution >= 4 is 55.3 Å². The Labute approximate surface area is 149 Å². The minimum atomic E-state index is -0.486. The van der Waals surface area contributed by atoms with Crippen molar-refractivity contribution < 1.29 is 14.3 Å². The van der Waals surface area contributed by atoms with Crippen LogP contribution in [0.4, 0.5) is 0 Å². The predicted molar refractivity (Wildman–Crippen MR) is 93.3 cm³/mol. The number of alkyl halides is 2. The molecule has 2 heterocycles. The van der Waals surface area contributed by atoms with E-state index in [1.807, 2.05) is 18.2 Å². The van der Waals surface area contributed by atoms with Crippen LogP contribution in [0.15, 0.2) is 41.6 Å². The molecule has 7 heteroatoms. The summed E-state index contributed by atoms with van der Waals surface area (Å²) in [5.41, 5.74) is 1.92. The van der Waals surface area contributed by atoms with Gasteiger partial charge in [0.15, 0.2) is 6.10 Å². The normalized spacial score (nSPS) is 27.5. The van der Waals surface area contributed by atoms with Crippen LogP contribution >= 0.6 is 43.6 Å². The Bertz CT molecular complexity index is 649. The lowest BCUT2D eigenvalue weighted by Gasteiger charge is -2.50. The molecule has 4 nitrogen and oxygen atoms in total. The highest BCUT2D eigenvalue weighted by Crippen LogP contribution is 2.48. The van der Waals surface area contributed by atoms with E-state index in [0.717, 1.165) is 5.57 Å². The Balaban J connectivity index is 2.05. The molecule has 1 aromatic rings. The summed E-state index contributed by atoms with van der Waals surface area (Å²) in [5.74, 6) is -0.287. The Morgan fingerprint density at radius 3 is 2.64 bits per heavy atom. The van der Waals surface area contributed by atoms with Gasteiger partial charge in [0.25, 0.3) is 5.91 Å². The fourth-order valence-electron chi connectivity index (χ4n) is 2.60. The van der Waals surface area contributed by atoms with Crippen molar-refractivity contribution in [2.75, 3.05) is 12.4 Å². The van der Waals surface area contributed by atoms with Crippen LogP contribution < -0.4 is 0 Å². The van der Waals surface area contributed by atoms with Crippen molar-refractivity contribution in [3.63, 3.8) is 0 Å². The molecule has 1 amide bonds. The zero-order valence-corrected chi connectivity index (χ0v) is 15.7. The van der Waals surface area contributed by atoms with Crippen LogP contribution in [0.3, 0.4) is 0 Å². The number of thioether (sulfide) groups is 1. The van der Waals surface area contributed by atoms with E-state index in [0.29, 0.717) is 16.6 Å². The average molecular weight is 447 g/mol. The summed E-state index contributed by atoms with van der Waals surface area (Å²) >= 11 is 8.62. The molecule has 0 N–H and O–H groups in total. The second kappa shape index (κ2) is 6.47. The summed E-state index contributed by atoms with van der Waals surface area (Å²) in [4.78, 5) is 26.8. The van der Waals surface area contributed by atoms with Crippen LogP contribution in [-0.2, 0) is 9.53 Å². The van der Waals surface area contributed by atoms with Gasteiger partial charge in [0.1, 0.15) is 5.37 Å². The molecule has 2 aliphatic heterocycles. The second-order valence-corrected chi connectivity index (χ2v) is 8.22. The number of fused-ring (bicyclic) bond motifs is 1. The Kier molecular flexibility index (Phi) is 4.77. The first-order valence-corrected chi connectivity index (χ1v) is 9.62. The fraction of sp³-hybridized carbons (Fsp3) is 0.333. The topological polar surface area (TPSA) is 46.6 Å². The van der Waals surface area contributed by atoms with Gasteiger partial charge in [-0.1, -0.05) is 62.2 Å². The number of ether oxygens (including phenoxy) is 1. The number of carbonyl (C=O) groups excluding carboxylic acids is 2. The highest BCUT2D eigenvalue weighted by atomic mass is 79.9. The van der Waals surface area contributed by atoms with Gasteiger partial charge in [-0.15, -0.1) is 11.8 Å². The number of hydrogen-bond acceptors (Lipinski definition) is 4. The van der Waals surface area contributed by atoms with Gasteiger partial charge >= 0.3 is 0 Å². The number of benzene rings is 1. The molecule has 0 aliphatic carbocycles. The highest BCUT2D eigenvalue weighted by Gasteiger charge is 2.55. The molecule has 3 atom stereocenters. The highest BCUT2D eigenvalue weighted by molar-refractivity contribution is 9.11. The van der Waals surface area contributed by atoms with E-state index in [1.165, 1.54) is 7.11 Å². The molecule has 3 rings (SSSR count). The molecular formula is C15H13Br2NO3S. The summed E-state index contributed by atoms with van der Waals surface area (Å²) < 4.78 is 5.21. The third-order valence-corrected chi connectivity index (χ3v) is 6.79. The maximum atomic E-state index is 12.9. The monoisotopic (exact) mass is 445 g/mol. The number of amides is 1. The third-order valence-electron chi connectivity index (χ3n) is 3.72. The summed E-state index contributed by atoms with van der Waals surface area (Å²) in [5, 5.41) is 0.366. The standard InChI is InChI=1S/C15H13Br2NO3S/c1-21-12-14(20)18-10(9(7-16)13(17)22-15(12)18)11(19)8-5-3-2-4-6-8/h2-6,12-13,15H,7H2,1H3/t12-,13?,15+/m0/s1. The number of rotatable bonds is 4. The number of nitrogens with zero attached hydrogens (tertiary/aromatic N) is 1. The van der Waals surface area contributed by atoms with Gasteiger partial charge in [-0.3, -0.25) is 14.5 Å². The van der Waals surface area contributed by atoms with E-state index in [2.05, 4.69) is 31.9 Å². The first-order valence-electron chi connectivity index (χ1n) is 6.64. The fourth-order valence-corrected chi connectivity index (χ4v) is 6.18. The smallest absolute Gasteiger partial charge is 0.260 e. The second-order valence-electron chi connectivity index (χ2n) is 4.91. The number of allylic oxidation sites excluding steroid dienone is 1. The first-order chi connectivity index (χ1) is 10.6. The van der Waals surface area contributed by atoms with Crippen molar-refractivity contribution in [3.8, 4) is 0 Å². The van der Waals surface area contributed by atoms with E-state index >= 15 is 0 Å². The van der Waals surface area contributed by atoms with Gasteiger partial charge in [-0.25, -0.2) is 0 Å². The Morgan fingerprint density at radius 1 is 1.36 bits per heavy atom. The number of β-lactam (4-membered cyclic amide) rings is 1. The van der Waals surface area contributed by atoms with Crippen LogP contribution in [0.2, 0.25) is 0 Å². The lowest BCUT2D eigenvalue weighted by atomic mass is 9.99. The lowest BCUT2D eigenvalue weighted by molar-refractivity contribution is -0.158. The van der Waals surface area contributed by atoms with Gasteiger partial charge in [0.2, 0.25) is 5.78 Å². The van der Waals surface area contributed by atoms with Gasteiger partial charge in [-0.2, -0.15) is 0 Å². The SMILES string of the molecule is CO[C@H]1C(=O)N2C(C(=O)c3ccccc3)=C(CBr)C(Br)S[C@H]12. The number of carbonyl (C=O) groups is 2. The van der Waals surface area contributed by atoms with Crippen LogP contribution in [0.25, 0.3) is 0 Å². The quantitative estimate of drug-likeness (QED) is 0.405. The Hall–Kier alpha value is -0.630. The maximum Gasteiger partial charge on any atom is 0.260 e. The molecular weight excluding hydrogens is 434 g/mol. The number of methoxy groups -OCH3 is 1. The van der Waals surface area contributed by atoms with Crippen LogP contribution in [0.1, 0.15) is 10.4 Å². The molecule has 22 heavy (non-hydrogen) atoms. The molecule has 2 aliphatic rings. The summed E-state index contributed by atoms with van der Waals surface area (Å²) in [6, 6.07) is 9.02. The van der Waals surface area contributed by atoms with Crippen molar-refractivity contribution in [2.45, 2.75) is 15.6 Å². The maximum absolute atomic E-state index is 12.9. The zero-order valence-electron chi connectivity index (χ0n) is 11.7. The van der Waals surface area contributed by atoms with Crippen molar-refractivity contribution in [2.24, 2.45) is 0 Å². The zero-order chi connectivity index (χ0) is 15.9. The van der Waals surface area contributed by atoms with Gasteiger partial charge in [-0.05, 0) is 5.57 Å². The molecule has 0 aromatic heterocycles. The van der Waals surface area contributed by atoms with Crippen LogP contribution in [-0.4, -0.2) is 44.7 Å². The molecule has 1 fully saturated rings. The molecule has 1 saturated heterocycles. The average Bonchev–Trinajstić information content (AvgIpc) is 2.54. The largest absolute Gasteiger partial charge is 0.368 e. The minimum Gasteiger partial charge on any atom is -0.368 e. The first kappa shape index (κ1) is 16.2. The number of hydrogen-bond donors (Lipinski definition) is 0. The molecule has 0 spiro atoms. The van der Waals surface area contributed by atoms with E-state index in [9.17, 15) is 9.59 Å². The molecule has 116 valence electrons. The van der Waals surface area contributed by atoms with Crippen molar-refractivity contribution in [1.82, 2.24) is 4.90 Å². The van der Waals surface area contributed by atoms with Crippen molar-refractivity contribution in [1.29, 1.82) is 0 Å². The van der Waals surface area contributed by atoms with Gasteiger partial charge in [0.05, 0.1) is 9.86 Å². The molecule has 0 radical (unpaired) electrons. The van der Waals surface area contributed by atoms with E-state index in [1.54, 1.807) is 28.8 Å². The number of Topliss-reactive ketones (excluding diaryl/α,β-unsaturated/α-hetero) is 1. The summed E-state index contributed by atoms with van der Waals surface area (Å²) in [6.45, 7) is 0. The minimum absolute atomic E-state index is 0.0264. The number of ketones is 1. The Morgan fingerprint density at radius 2 is 2.05 bits per heavy atom. The van der Waals surface area contributed by atoms with Gasteiger partial charge < -0.3 is 4.74 Å². The van der Waals surface area contributed by atoms with Crippen LogP contribution in [0.5, 0.6) is 0 Å². The number of halogens is 2. The van der Waals surface area contributed by atoms with Gasteiger partial charge in [0, 0.05) is 18.0 Å². The summed E-state index contributed by atoms with van der Waals surface area (Å²) in [6.07, 6.45) is -0.486. The van der Waals surface area contributed by atoms with E-state index in [-0.39, 0.29) is 21.2 Å². The third kappa shape index (κ3) is 2.48.